The molecule has 0 aliphatic heterocycles. The van der Waals surface area contributed by atoms with E-state index >= 15 is 0 Å². The second kappa shape index (κ2) is 15.1. The standard InChI is InChI=1S/C7H15N.C5H12O/c1-4-5-6-8-7(2)3;1-3-4-5-6-2/h4-6H2,1-3H3;3-5H2,1-2H3. The van der Waals surface area contributed by atoms with Crippen molar-refractivity contribution >= 4 is 5.71 Å². The average molecular weight is 201 g/mol. The first-order valence-electron chi connectivity index (χ1n) is 5.65. The van der Waals surface area contributed by atoms with Crippen molar-refractivity contribution in [3.63, 3.8) is 0 Å². The number of hydrogen-bond donors (Lipinski definition) is 0. The van der Waals surface area contributed by atoms with E-state index in [1.165, 1.54) is 31.4 Å². The fourth-order valence-corrected chi connectivity index (χ4v) is 0.749. The van der Waals surface area contributed by atoms with Gasteiger partial charge in [-0.25, -0.2) is 0 Å². The molecule has 0 saturated heterocycles. The Balaban J connectivity index is 0. The minimum atomic E-state index is 0.913. The summed E-state index contributed by atoms with van der Waals surface area (Å²) in [5.41, 5.74) is 1.19. The number of hydrogen-bond acceptors (Lipinski definition) is 2. The van der Waals surface area contributed by atoms with Crippen LogP contribution in [-0.4, -0.2) is 26.0 Å². The van der Waals surface area contributed by atoms with Crippen LogP contribution < -0.4 is 0 Å². The summed E-state index contributed by atoms with van der Waals surface area (Å²) in [4.78, 5) is 4.23. The summed E-state index contributed by atoms with van der Waals surface area (Å²) < 4.78 is 4.78. The zero-order chi connectivity index (χ0) is 11.2. The van der Waals surface area contributed by atoms with Gasteiger partial charge in [-0.2, -0.15) is 0 Å². The molecule has 0 bridgehead atoms. The normalized spacial score (nSPS) is 8.93. The quantitative estimate of drug-likeness (QED) is 0.474. The molecule has 0 rings (SSSR count). The summed E-state index contributed by atoms with van der Waals surface area (Å²) in [5, 5.41) is 0. The first-order chi connectivity index (χ1) is 6.68. The number of rotatable bonds is 6. The topological polar surface area (TPSA) is 21.6 Å². The summed E-state index contributed by atoms with van der Waals surface area (Å²) >= 11 is 0. The van der Waals surface area contributed by atoms with Gasteiger partial charge in [-0.1, -0.05) is 26.7 Å². The van der Waals surface area contributed by atoms with Gasteiger partial charge in [0.1, 0.15) is 0 Å². The highest BCUT2D eigenvalue weighted by atomic mass is 16.5. The van der Waals surface area contributed by atoms with Crippen molar-refractivity contribution in [1.82, 2.24) is 0 Å². The van der Waals surface area contributed by atoms with Gasteiger partial charge >= 0.3 is 0 Å². The molecule has 0 aromatic rings. The molecular weight excluding hydrogens is 174 g/mol. The number of aliphatic imine (C=N–C) groups is 1. The zero-order valence-corrected chi connectivity index (χ0v) is 10.6. The fourth-order valence-electron chi connectivity index (χ4n) is 0.749. The lowest BCUT2D eigenvalue weighted by Gasteiger charge is -1.89. The summed E-state index contributed by atoms with van der Waals surface area (Å²) in [6.45, 7) is 10.3. The van der Waals surface area contributed by atoms with Gasteiger partial charge < -0.3 is 4.74 Å². The maximum atomic E-state index is 4.78. The van der Waals surface area contributed by atoms with Crippen LogP contribution in [0.2, 0.25) is 0 Å². The molecule has 0 N–H and O–H groups in total. The third-order valence-corrected chi connectivity index (χ3v) is 1.64. The van der Waals surface area contributed by atoms with E-state index in [1.807, 2.05) is 13.8 Å². The SMILES string of the molecule is CCCCN=C(C)C.CCCCOC. The molecule has 0 radical (unpaired) electrons. The van der Waals surface area contributed by atoms with Crippen molar-refractivity contribution in [1.29, 1.82) is 0 Å². The molecule has 0 aliphatic carbocycles. The molecule has 0 fully saturated rings. The highest BCUT2D eigenvalue weighted by molar-refractivity contribution is 5.78. The Morgan fingerprint density at radius 2 is 1.64 bits per heavy atom. The molecule has 0 aliphatic rings. The number of methoxy groups -OCH3 is 1. The molecule has 0 unspecified atom stereocenters. The van der Waals surface area contributed by atoms with Gasteiger partial charge in [0.05, 0.1) is 0 Å². The van der Waals surface area contributed by atoms with Crippen LogP contribution in [0, 0.1) is 0 Å². The van der Waals surface area contributed by atoms with Crippen LogP contribution in [0.4, 0.5) is 0 Å². The maximum Gasteiger partial charge on any atom is 0.0462 e. The van der Waals surface area contributed by atoms with Crippen molar-refractivity contribution in [2.45, 2.75) is 53.4 Å². The summed E-state index contributed by atoms with van der Waals surface area (Å²) in [6, 6.07) is 0. The largest absolute Gasteiger partial charge is 0.385 e. The van der Waals surface area contributed by atoms with E-state index in [2.05, 4.69) is 18.8 Å². The van der Waals surface area contributed by atoms with Crippen molar-refractivity contribution in [2.75, 3.05) is 20.3 Å². The maximum absolute atomic E-state index is 4.78. The molecule has 0 heterocycles. The van der Waals surface area contributed by atoms with E-state index < -0.39 is 0 Å². The second-order valence-corrected chi connectivity index (χ2v) is 3.53. The smallest absolute Gasteiger partial charge is 0.0462 e. The molecule has 0 atom stereocenters. The zero-order valence-electron chi connectivity index (χ0n) is 10.6. The number of ether oxygens (including phenoxy) is 1. The summed E-state index contributed by atoms with van der Waals surface area (Å²) in [6.07, 6.45) is 4.90. The van der Waals surface area contributed by atoms with Crippen LogP contribution in [0.5, 0.6) is 0 Å². The lowest BCUT2D eigenvalue weighted by atomic mass is 10.3. The molecule has 0 aromatic heterocycles. The van der Waals surface area contributed by atoms with Gasteiger partial charge in [0.15, 0.2) is 0 Å². The average Bonchev–Trinajstić information content (AvgIpc) is 2.16. The van der Waals surface area contributed by atoms with Crippen LogP contribution in [0.3, 0.4) is 0 Å². The molecule has 0 spiro atoms. The Morgan fingerprint density at radius 1 is 1.07 bits per heavy atom. The van der Waals surface area contributed by atoms with Gasteiger partial charge in [-0.15, -0.1) is 0 Å². The van der Waals surface area contributed by atoms with E-state index in [0.29, 0.717) is 0 Å². The summed E-state index contributed by atoms with van der Waals surface area (Å²) in [7, 11) is 1.73. The van der Waals surface area contributed by atoms with Gasteiger partial charge in [-0.3, -0.25) is 4.99 Å². The van der Waals surface area contributed by atoms with Crippen LogP contribution in [-0.2, 0) is 4.74 Å². The van der Waals surface area contributed by atoms with Crippen LogP contribution >= 0.6 is 0 Å². The van der Waals surface area contributed by atoms with Crippen LogP contribution in [0.25, 0.3) is 0 Å². The molecular formula is C12H27NO. The molecule has 86 valence electrons. The van der Waals surface area contributed by atoms with Crippen LogP contribution in [0.1, 0.15) is 53.4 Å². The molecule has 2 nitrogen and oxygen atoms in total. The minimum absolute atomic E-state index is 0.913. The highest BCUT2D eigenvalue weighted by Crippen LogP contribution is 1.86. The van der Waals surface area contributed by atoms with Crippen molar-refractivity contribution in [2.24, 2.45) is 4.99 Å². The Kier molecular flexibility index (Phi) is 17.4. The van der Waals surface area contributed by atoms with E-state index in [9.17, 15) is 0 Å². The Hall–Kier alpha value is -0.370. The monoisotopic (exact) mass is 201 g/mol. The Labute approximate surface area is 89.8 Å². The molecule has 0 aromatic carbocycles. The van der Waals surface area contributed by atoms with Gasteiger partial charge in [-0.05, 0) is 26.7 Å². The Morgan fingerprint density at radius 3 is 1.93 bits per heavy atom. The molecule has 2 heteroatoms. The fraction of sp³-hybridized carbons (Fsp3) is 0.917. The van der Waals surface area contributed by atoms with E-state index in [4.69, 9.17) is 4.74 Å². The first kappa shape index (κ1) is 16.1. The van der Waals surface area contributed by atoms with Gasteiger partial charge in [0.2, 0.25) is 0 Å². The van der Waals surface area contributed by atoms with Crippen LogP contribution in [0.15, 0.2) is 4.99 Å². The Bertz CT molecular complexity index is 113. The van der Waals surface area contributed by atoms with E-state index in [1.54, 1.807) is 7.11 Å². The predicted molar refractivity (Wildman–Crippen MR) is 65.3 cm³/mol. The number of nitrogens with zero attached hydrogens (tertiary/aromatic N) is 1. The molecule has 14 heavy (non-hydrogen) atoms. The van der Waals surface area contributed by atoms with Crippen molar-refractivity contribution < 1.29 is 4.74 Å². The van der Waals surface area contributed by atoms with Gasteiger partial charge in [0, 0.05) is 26.0 Å². The highest BCUT2D eigenvalue weighted by Gasteiger charge is 1.78. The first-order valence-corrected chi connectivity index (χ1v) is 5.65. The molecule has 0 saturated carbocycles. The third-order valence-electron chi connectivity index (χ3n) is 1.64. The summed E-state index contributed by atoms with van der Waals surface area (Å²) in [5.74, 6) is 0. The lowest BCUT2D eigenvalue weighted by Crippen LogP contribution is -1.84. The van der Waals surface area contributed by atoms with Crippen molar-refractivity contribution in [3.05, 3.63) is 0 Å². The third kappa shape index (κ3) is 22.6. The van der Waals surface area contributed by atoms with E-state index in [-0.39, 0.29) is 0 Å². The van der Waals surface area contributed by atoms with Crippen molar-refractivity contribution in [3.8, 4) is 0 Å². The minimum Gasteiger partial charge on any atom is -0.385 e. The predicted octanol–water partition coefficient (Wildman–Crippen LogP) is 3.70. The number of unbranched alkanes of at least 4 members (excludes halogenated alkanes) is 2. The second-order valence-electron chi connectivity index (χ2n) is 3.53. The van der Waals surface area contributed by atoms with E-state index in [0.717, 1.165) is 13.2 Å². The lowest BCUT2D eigenvalue weighted by molar-refractivity contribution is 0.194. The molecule has 0 amide bonds. The van der Waals surface area contributed by atoms with Gasteiger partial charge in [0.25, 0.3) is 0 Å².